The lowest BCUT2D eigenvalue weighted by Crippen LogP contribution is -2.37. The number of morpholine rings is 1. The van der Waals surface area contributed by atoms with E-state index >= 15 is 0 Å². The van der Waals surface area contributed by atoms with Crippen molar-refractivity contribution in [1.82, 2.24) is 25.1 Å². The molecule has 0 radical (unpaired) electrons. The molecule has 9 heteroatoms. The highest BCUT2D eigenvalue weighted by Gasteiger charge is 2.17. The number of aromatic nitrogens is 4. The highest BCUT2D eigenvalue weighted by atomic mass is 32.1. The van der Waals surface area contributed by atoms with Gasteiger partial charge in [0.2, 0.25) is 5.95 Å². The summed E-state index contributed by atoms with van der Waals surface area (Å²) in [5.41, 5.74) is 2.97. The number of rotatable bonds is 5. The molecule has 3 aromatic rings. The van der Waals surface area contributed by atoms with E-state index in [9.17, 15) is 4.79 Å². The molecule has 0 aromatic carbocycles. The van der Waals surface area contributed by atoms with E-state index in [4.69, 9.17) is 4.74 Å². The van der Waals surface area contributed by atoms with Gasteiger partial charge in [0, 0.05) is 25.8 Å². The number of nitrogens with one attached hydrogen (secondary N) is 1. The molecule has 28 heavy (non-hydrogen) atoms. The van der Waals surface area contributed by atoms with Crippen molar-refractivity contribution in [2.24, 2.45) is 7.05 Å². The van der Waals surface area contributed by atoms with Gasteiger partial charge in [-0.3, -0.25) is 9.48 Å². The second-order valence-electron chi connectivity index (χ2n) is 6.60. The summed E-state index contributed by atoms with van der Waals surface area (Å²) in [5, 5.41) is 9.38. The summed E-state index contributed by atoms with van der Waals surface area (Å²) in [4.78, 5) is 24.9. The van der Waals surface area contributed by atoms with E-state index in [1.807, 2.05) is 36.6 Å². The predicted molar refractivity (Wildman–Crippen MR) is 107 cm³/mol. The third kappa shape index (κ3) is 4.05. The maximum atomic E-state index is 12.7. The first-order valence-electron chi connectivity index (χ1n) is 9.13. The summed E-state index contributed by atoms with van der Waals surface area (Å²) in [6, 6.07) is 7.67. The first-order chi connectivity index (χ1) is 13.6. The topological polar surface area (TPSA) is 85.2 Å². The molecule has 146 valence electrons. The molecule has 0 unspecified atom stereocenters. The van der Waals surface area contributed by atoms with E-state index < -0.39 is 0 Å². The van der Waals surface area contributed by atoms with Crippen molar-refractivity contribution >= 4 is 23.2 Å². The van der Waals surface area contributed by atoms with Crippen LogP contribution in [0.5, 0.6) is 0 Å². The Morgan fingerprint density at radius 1 is 1.29 bits per heavy atom. The molecular formula is C19H22N6O2S. The lowest BCUT2D eigenvalue weighted by molar-refractivity contribution is 0.0941. The van der Waals surface area contributed by atoms with Gasteiger partial charge in [-0.15, -0.1) is 11.3 Å². The SMILES string of the molecule is Cc1cc(CNC(=O)c2cc(-c3cccs3)nn2C)nc(N2CCOCC2)n1. The maximum absolute atomic E-state index is 12.7. The van der Waals surface area contributed by atoms with Crippen LogP contribution in [0.3, 0.4) is 0 Å². The van der Waals surface area contributed by atoms with Crippen molar-refractivity contribution in [3.8, 4) is 10.6 Å². The largest absolute Gasteiger partial charge is 0.378 e. The Kier molecular flexibility index (Phi) is 5.36. The van der Waals surface area contributed by atoms with Gasteiger partial charge in [-0.2, -0.15) is 5.10 Å². The normalized spacial score (nSPS) is 14.3. The predicted octanol–water partition coefficient (Wildman–Crippen LogP) is 2.01. The first-order valence-corrected chi connectivity index (χ1v) is 10.0. The van der Waals surface area contributed by atoms with Gasteiger partial charge >= 0.3 is 0 Å². The third-order valence-electron chi connectivity index (χ3n) is 4.51. The number of amides is 1. The number of anilines is 1. The lowest BCUT2D eigenvalue weighted by Gasteiger charge is -2.27. The number of nitrogens with zero attached hydrogens (tertiary/aromatic N) is 5. The molecule has 1 aliphatic heterocycles. The molecule has 3 aromatic heterocycles. The number of carbonyl (C=O) groups excluding carboxylic acids is 1. The van der Waals surface area contributed by atoms with Crippen LogP contribution in [0.25, 0.3) is 10.6 Å². The van der Waals surface area contributed by atoms with Gasteiger partial charge in [-0.1, -0.05) is 6.07 Å². The summed E-state index contributed by atoms with van der Waals surface area (Å²) in [6.45, 7) is 5.17. The molecule has 4 heterocycles. The average Bonchev–Trinajstić information content (AvgIpc) is 3.36. The molecule has 0 saturated carbocycles. The van der Waals surface area contributed by atoms with Crippen LogP contribution in [0, 0.1) is 6.92 Å². The molecule has 0 spiro atoms. The van der Waals surface area contributed by atoms with Crippen molar-refractivity contribution in [3.63, 3.8) is 0 Å². The van der Waals surface area contributed by atoms with Gasteiger partial charge < -0.3 is 15.0 Å². The Balaban J connectivity index is 1.46. The van der Waals surface area contributed by atoms with Crippen molar-refractivity contribution in [2.45, 2.75) is 13.5 Å². The third-order valence-corrected chi connectivity index (χ3v) is 5.40. The van der Waals surface area contributed by atoms with E-state index in [2.05, 4.69) is 25.3 Å². The van der Waals surface area contributed by atoms with E-state index in [0.717, 1.165) is 35.0 Å². The number of thiophene rings is 1. The first kappa shape index (κ1) is 18.6. The van der Waals surface area contributed by atoms with E-state index in [0.29, 0.717) is 31.4 Å². The van der Waals surface area contributed by atoms with Gasteiger partial charge in [0.25, 0.3) is 5.91 Å². The summed E-state index contributed by atoms with van der Waals surface area (Å²) in [5.74, 6) is 0.509. The quantitative estimate of drug-likeness (QED) is 0.708. The Hall–Kier alpha value is -2.78. The minimum atomic E-state index is -0.179. The van der Waals surface area contributed by atoms with Crippen molar-refractivity contribution in [1.29, 1.82) is 0 Å². The van der Waals surface area contributed by atoms with Crippen molar-refractivity contribution < 1.29 is 9.53 Å². The van der Waals surface area contributed by atoms with Gasteiger partial charge in [-0.05, 0) is 30.5 Å². The molecule has 1 N–H and O–H groups in total. The molecule has 0 bridgehead atoms. The van der Waals surface area contributed by atoms with Gasteiger partial charge in [-0.25, -0.2) is 9.97 Å². The fourth-order valence-electron chi connectivity index (χ4n) is 3.10. The summed E-state index contributed by atoms with van der Waals surface area (Å²) < 4.78 is 6.99. The second kappa shape index (κ2) is 8.07. The van der Waals surface area contributed by atoms with Crippen LogP contribution in [0.1, 0.15) is 21.9 Å². The average molecular weight is 398 g/mol. The number of aryl methyl sites for hydroxylation is 2. The molecule has 8 nitrogen and oxygen atoms in total. The number of hydrogen-bond donors (Lipinski definition) is 1. The smallest absolute Gasteiger partial charge is 0.269 e. The number of hydrogen-bond acceptors (Lipinski definition) is 7. The summed E-state index contributed by atoms with van der Waals surface area (Å²) >= 11 is 1.60. The number of ether oxygens (including phenoxy) is 1. The van der Waals surface area contributed by atoms with Crippen molar-refractivity contribution in [2.75, 3.05) is 31.2 Å². The Morgan fingerprint density at radius 3 is 2.86 bits per heavy atom. The van der Waals surface area contributed by atoms with Crippen LogP contribution in [-0.2, 0) is 18.3 Å². The van der Waals surface area contributed by atoms with E-state index in [1.54, 1.807) is 23.1 Å². The van der Waals surface area contributed by atoms with Crippen LogP contribution < -0.4 is 10.2 Å². The molecule has 4 rings (SSSR count). The zero-order valence-corrected chi connectivity index (χ0v) is 16.7. The summed E-state index contributed by atoms with van der Waals surface area (Å²) in [7, 11) is 1.78. The van der Waals surface area contributed by atoms with E-state index in [-0.39, 0.29) is 5.91 Å². The van der Waals surface area contributed by atoms with Gasteiger partial charge in [0.05, 0.1) is 30.3 Å². The minimum Gasteiger partial charge on any atom is -0.378 e. The second-order valence-corrected chi connectivity index (χ2v) is 7.55. The monoisotopic (exact) mass is 398 g/mol. The fraction of sp³-hybridized carbons (Fsp3) is 0.368. The zero-order valence-electron chi connectivity index (χ0n) is 15.9. The molecule has 0 atom stereocenters. The summed E-state index contributed by atoms with van der Waals surface area (Å²) in [6.07, 6.45) is 0. The van der Waals surface area contributed by atoms with Crippen molar-refractivity contribution in [3.05, 3.63) is 46.7 Å². The van der Waals surface area contributed by atoms with Crippen LogP contribution in [-0.4, -0.2) is 52.0 Å². The fourth-order valence-corrected chi connectivity index (χ4v) is 3.78. The highest BCUT2D eigenvalue weighted by Crippen LogP contribution is 2.23. The van der Waals surface area contributed by atoms with Gasteiger partial charge in [0.1, 0.15) is 11.4 Å². The minimum absolute atomic E-state index is 0.179. The van der Waals surface area contributed by atoms with E-state index in [1.165, 1.54) is 0 Å². The highest BCUT2D eigenvalue weighted by molar-refractivity contribution is 7.13. The Morgan fingerprint density at radius 2 is 2.11 bits per heavy atom. The molecule has 1 aliphatic rings. The molecule has 1 amide bonds. The molecular weight excluding hydrogens is 376 g/mol. The lowest BCUT2D eigenvalue weighted by atomic mass is 10.3. The zero-order chi connectivity index (χ0) is 19.5. The van der Waals surface area contributed by atoms with Crippen LogP contribution in [0.2, 0.25) is 0 Å². The Labute approximate surface area is 167 Å². The van der Waals surface area contributed by atoms with Gasteiger partial charge in [0.15, 0.2) is 0 Å². The molecule has 1 fully saturated rings. The van der Waals surface area contributed by atoms with Crippen LogP contribution in [0.15, 0.2) is 29.6 Å². The number of carbonyl (C=O) groups is 1. The molecule has 1 saturated heterocycles. The maximum Gasteiger partial charge on any atom is 0.269 e. The van der Waals surface area contributed by atoms with Crippen LogP contribution >= 0.6 is 11.3 Å². The Bertz CT molecular complexity index is 963. The van der Waals surface area contributed by atoms with Crippen LogP contribution in [0.4, 0.5) is 5.95 Å². The standard InChI is InChI=1S/C19H22N6O2S/c1-13-10-14(22-19(21-13)25-5-7-27-8-6-25)12-20-18(26)16-11-15(23-24(16)2)17-4-3-9-28-17/h3-4,9-11H,5-8,12H2,1-2H3,(H,20,26). The molecule has 0 aliphatic carbocycles.